The zero-order valence-electron chi connectivity index (χ0n) is 15.8. The molecular weight excluding hydrogens is 475 g/mol. The fourth-order valence-corrected chi connectivity index (χ4v) is 3.04. The van der Waals surface area contributed by atoms with Gasteiger partial charge in [0.15, 0.2) is 5.96 Å². The van der Waals surface area contributed by atoms with Crippen molar-refractivity contribution in [2.45, 2.75) is 38.8 Å². The number of sulfonamides is 1. The Hall–Kier alpha value is -1.65. The van der Waals surface area contributed by atoms with Crippen LogP contribution in [0.2, 0.25) is 0 Å². The Bertz CT molecular complexity index is 881. The summed E-state index contributed by atoms with van der Waals surface area (Å²) in [6.45, 7) is 8.06. The monoisotopic (exact) mass is 502 g/mol. The van der Waals surface area contributed by atoms with Crippen LogP contribution in [0.15, 0.2) is 52.4 Å². The van der Waals surface area contributed by atoms with E-state index in [4.69, 9.17) is 5.14 Å². The number of hydrogen-bond donors (Lipinski definition) is 3. The highest BCUT2D eigenvalue weighted by atomic mass is 127. The maximum Gasteiger partial charge on any atom is 0.238 e. The highest BCUT2D eigenvalue weighted by Gasteiger charge is 2.07. The van der Waals surface area contributed by atoms with Gasteiger partial charge >= 0.3 is 0 Å². The lowest BCUT2D eigenvalue weighted by molar-refractivity contribution is 0.598. The van der Waals surface area contributed by atoms with E-state index in [0.29, 0.717) is 19.0 Å². The topological polar surface area (TPSA) is 96.6 Å². The molecule has 6 nitrogen and oxygen atoms in total. The maximum atomic E-state index is 11.3. The number of hydrogen-bond acceptors (Lipinski definition) is 3. The van der Waals surface area contributed by atoms with Crippen molar-refractivity contribution in [3.05, 3.63) is 64.7 Å². The molecule has 0 unspecified atom stereocenters. The van der Waals surface area contributed by atoms with E-state index in [1.54, 1.807) is 12.1 Å². The Labute approximate surface area is 178 Å². The zero-order valence-corrected chi connectivity index (χ0v) is 19.0. The SMILES string of the molecule is CCNC(=NCc1ccc(S(N)(=O)=O)cc1)NCc1ccc(C)cc1C.I. The molecule has 4 N–H and O–H groups in total. The largest absolute Gasteiger partial charge is 0.357 e. The van der Waals surface area contributed by atoms with Gasteiger partial charge in [-0.2, -0.15) is 0 Å². The Balaban J connectivity index is 0.00000364. The predicted molar refractivity (Wildman–Crippen MR) is 121 cm³/mol. The highest BCUT2D eigenvalue weighted by molar-refractivity contribution is 14.0. The minimum absolute atomic E-state index is 0. The number of halogens is 1. The second kappa shape index (κ2) is 10.6. The second-order valence-corrected chi connectivity index (χ2v) is 7.73. The number of benzene rings is 2. The minimum Gasteiger partial charge on any atom is -0.357 e. The van der Waals surface area contributed by atoms with Gasteiger partial charge in [0.05, 0.1) is 11.4 Å². The first kappa shape index (κ1) is 23.4. The van der Waals surface area contributed by atoms with E-state index in [0.717, 1.165) is 12.1 Å². The molecule has 0 saturated carbocycles. The molecule has 0 spiro atoms. The van der Waals surface area contributed by atoms with Gasteiger partial charge in [-0.15, -0.1) is 24.0 Å². The van der Waals surface area contributed by atoms with E-state index in [-0.39, 0.29) is 28.9 Å². The van der Waals surface area contributed by atoms with Crippen LogP contribution in [0.25, 0.3) is 0 Å². The van der Waals surface area contributed by atoms with Crippen molar-refractivity contribution < 1.29 is 8.42 Å². The van der Waals surface area contributed by atoms with Gasteiger partial charge in [0.1, 0.15) is 0 Å². The molecule has 0 aliphatic heterocycles. The molecular formula is C19H27IN4O2S. The molecule has 0 amide bonds. The van der Waals surface area contributed by atoms with Gasteiger partial charge in [-0.25, -0.2) is 18.5 Å². The van der Waals surface area contributed by atoms with Gasteiger partial charge in [-0.3, -0.25) is 0 Å². The lowest BCUT2D eigenvalue weighted by atomic mass is 10.1. The van der Waals surface area contributed by atoms with Crippen molar-refractivity contribution in [3.8, 4) is 0 Å². The number of rotatable bonds is 6. The van der Waals surface area contributed by atoms with Crippen molar-refractivity contribution in [3.63, 3.8) is 0 Å². The second-order valence-electron chi connectivity index (χ2n) is 6.17. The molecule has 0 aliphatic rings. The Morgan fingerprint density at radius 3 is 2.30 bits per heavy atom. The van der Waals surface area contributed by atoms with E-state index in [9.17, 15) is 8.42 Å². The third-order valence-electron chi connectivity index (χ3n) is 3.96. The molecule has 8 heteroatoms. The Morgan fingerprint density at radius 1 is 1.07 bits per heavy atom. The van der Waals surface area contributed by atoms with Crippen molar-refractivity contribution >= 4 is 40.0 Å². The molecule has 2 aromatic carbocycles. The summed E-state index contributed by atoms with van der Waals surface area (Å²) in [4.78, 5) is 4.65. The summed E-state index contributed by atoms with van der Waals surface area (Å²) in [7, 11) is -3.67. The normalized spacial score (nSPS) is 11.6. The van der Waals surface area contributed by atoms with E-state index in [1.165, 1.54) is 28.8 Å². The average Bonchev–Trinajstić information content (AvgIpc) is 2.58. The Morgan fingerprint density at radius 2 is 1.74 bits per heavy atom. The van der Waals surface area contributed by atoms with Crippen LogP contribution in [-0.4, -0.2) is 20.9 Å². The third kappa shape index (κ3) is 7.47. The van der Waals surface area contributed by atoms with E-state index in [1.807, 2.05) is 6.92 Å². The van der Waals surface area contributed by atoms with Gasteiger partial charge in [0, 0.05) is 13.1 Å². The molecule has 2 aromatic rings. The number of nitrogens with two attached hydrogens (primary N) is 1. The van der Waals surface area contributed by atoms with Crippen LogP contribution in [0.1, 0.15) is 29.2 Å². The smallest absolute Gasteiger partial charge is 0.238 e. The van der Waals surface area contributed by atoms with Crippen LogP contribution in [0.3, 0.4) is 0 Å². The van der Waals surface area contributed by atoms with E-state index in [2.05, 4.69) is 47.7 Å². The highest BCUT2D eigenvalue weighted by Crippen LogP contribution is 2.11. The summed E-state index contributed by atoms with van der Waals surface area (Å²) in [5, 5.41) is 11.6. The average molecular weight is 502 g/mol. The van der Waals surface area contributed by atoms with Gasteiger partial charge in [-0.1, -0.05) is 35.9 Å². The number of guanidine groups is 1. The molecule has 148 valence electrons. The summed E-state index contributed by atoms with van der Waals surface area (Å²) >= 11 is 0. The molecule has 0 bridgehead atoms. The number of nitrogens with zero attached hydrogens (tertiary/aromatic N) is 1. The maximum absolute atomic E-state index is 11.3. The van der Waals surface area contributed by atoms with Gasteiger partial charge in [-0.05, 0) is 49.6 Å². The first-order valence-corrected chi connectivity index (χ1v) is 10.0. The van der Waals surface area contributed by atoms with Crippen molar-refractivity contribution in [2.24, 2.45) is 10.1 Å². The lowest BCUT2D eigenvalue weighted by Gasteiger charge is -2.13. The van der Waals surface area contributed by atoms with Gasteiger partial charge in [0.2, 0.25) is 10.0 Å². The van der Waals surface area contributed by atoms with Gasteiger partial charge in [0.25, 0.3) is 0 Å². The van der Waals surface area contributed by atoms with Crippen molar-refractivity contribution in [2.75, 3.05) is 6.54 Å². The standard InChI is InChI=1S/C19H26N4O2S.HI/c1-4-21-19(23-13-17-8-5-14(2)11-15(17)3)22-12-16-6-9-18(10-7-16)26(20,24)25;/h5-11H,4,12-13H2,1-3H3,(H2,20,24,25)(H2,21,22,23);1H. The first-order chi connectivity index (χ1) is 12.3. The van der Waals surface area contributed by atoms with Crippen molar-refractivity contribution in [1.82, 2.24) is 10.6 Å². The molecule has 0 fully saturated rings. The van der Waals surface area contributed by atoms with Gasteiger partial charge < -0.3 is 10.6 Å². The molecule has 0 aromatic heterocycles. The van der Waals surface area contributed by atoms with E-state index < -0.39 is 10.0 Å². The molecule has 2 rings (SSSR count). The predicted octanol–water partition coefficient (Wildman–Crippen LogP) is 2.82. The number of nitrogens with one attached hydrogen (secondary N) is 2. The summed E-state index contributed by atoms with van der Waals surface area (Å²) in [5.41, 5.74) is 4.61. The number of aryl methyl sites for hydroxylation is 2. The molecule has 27 heavy (non-hydrogen) atoms. The van der Waals surface area contributed by atoms with Crippen LogP contribution in [0.5, 0.6) is 0 Å². The molecule has 0 saturated heterocycles. The number of aliphatic imine (C=N–C) groups is 1. The van der Waals surface area contributed by atoms with Crippen molar-refractivity contribution in [1.29, 1.82) is 0 Å². The third-order valence-corrected chi connectivity index (χ3v) is 4.89. The quantitative estimate of drug-likeness (QED) is 0.322. The molecule has 0 aliphatic carbocycles. The summed E-state index contributed by atoms with van der Waals surface area (Å²) in [6, 6.07) is 12.8. The molecule has 0 radical (unpaired) electrons. The summed E-state index contributed by atoms with van der Waals surface area (Å²) in [5.74, 6) is 0.711. The van der Waals surface area contributed by atoms with E-state index >= 15 is 0 Å². The van der Waals surface area contributed by atoms with Crippen LogP contribution < -0.4 is 15.8 Å². The first-order valence-electron chi connectivity index (χ1n) is 8.49. The molecule has 0 atom stereocenters. The summed E-state index contributed by atoms with van der Waals surface area (Å²) < 4.78 is 22.6. The fourth-order valence-electron chi connectivity index (χ4n) is 2.52. The van der Waals surface area contributed by atoms with Crippen LogP contribution in [0, 0.1) is 13.8 Å². The zero-order chi connectivity index (χ0) is 19.2. The summed E-state index contributed by atoms with van der Waals surface area (Å²) in [6.07, 6.45) is 0. The van der Waals surface area contributed by atoms with Crippen LogP contribution in [-0.2, 0) is 23.1 Å². The fraction of sp³-hybridized carbons (Fsp3) is 0.316. The van der Waals surface area contributed by atoms with Crippen LogP contribution in [0.4, 0.5) is 0 Å². The number of primary sulfonamides is 1. The lowest BCUT2D eigenvalue weighted by Crippen LogP contribution is -2.36. The Kier molecular flexibility index (Phi) is 9.20. The minimum atomic E-state index is -3.67. The molecule has 0 heterocycles. The van der Waals surface area contributed by atoms with Crippen LogP contribution >= 0.6 is 24.0 Å².